The van der Waals surface area contributed by atoms with E-state index >= 15 is 0 Å². The molecule has 5 nitrogen and oxygen atoms in total. The molecular formula is C21H21ClN5+. The number of halogens is 1. The molecule has 2 N–H and O–H groups in total. The standard InChI is InChI=1S/C21H20ClN5/c1-2-8-27-9-7-17-16(11-27)19(14-5-3-4-6-18(14)22)15(10-23)20(26)21(17,12-24)13-25/h3-7,15-16,19,26H,2,8-9,11H2,1H3/p+1/t15-,16-,19+/m0/s1. The molecule has 1 heterocycles. The lowest BCUT2D eigenvalue weighted by Crippen LogP contribution is -3.13. The SMILES string of the molecule is CCC[NH+]1CC=C2[C@H](C1)[C@H](c1ccccc1Cl)[C@H](C#N)C(=N)C2(C#N)C#N. The van der Waals surface area contributed by atoms with E-state index in [4.69, 9.17) is 17.0 Å². The Hall–Kier alpha value is -2.65. The average molecular weight is 379 g/mol. The summed E-state index contributed by atoms with van der Waals surface area (Å²) in [6, 6.07) is 13.7. The van der Waals surface area contributed by atoms with Gasteiger partial charge < -0.3 is 10.3 Å². The second kappa shape index (κ2) is 7.53. The first kappa shape index (κ1) is 19.1. The number of benzene rings is 1. The molecule has 1 aliphatic carbocycles. The molecule has 0 saturated heterocycles. The number of quaternary nitrogens is 1. The maximum absolute atomic E-state index is 9.89. The molecule has 27 heavy (non-hydrogen) atoms. The first-order chi connectivity index (χ1) is 13.0. The second-order valence-electron chi connectivity index (χ2n) is 7.22. The van der Waals surface area contributed by atoms with Crippen LogP contribution in [0.25, 0.3) is 0 Å². The van der Waals surface area contributed by atoms with Crippen LogP contribution in [0.4, 0.5) is 0 Å². The molecule has 1 aliphatic heterocycles. The largest absolute Gasteiger partial charge is 0.331 e. The van der Waals surface area contributed by atoms with Crippen molar-refractivity contribution < 1.29 is 4.90 Å². The van der Waals surface area contributed by atoms with Gasteiger partial charge in [-0.2, -0.15) is 15.8 Å². The molecule has 1 saturated carbocycles. The summed E-state index contributed by atoms with van der Waals surface area (Å²) in [6.07, 6.45) is 2.98. The van der Waals surface area contributed by atoms with Crippen LogP contribution in [0.1, 0.15) is 24.8 Å². The van der Waals surface area contributed by atoms with Gasteiger partial charge in [0, 0.05) is 16.9 Å². The van der Waals surface area contributed by atoms with Crippen LogP contribution in [0.15, 0.2) is 35.9 Å². The fourth-order valence-electron chi connectivity index (χ4n) is 4.58. The third-order valence-electron chi connectivity index (χ3n) is 5.80. The normalized spacial score (nSPS) is 28.9. The maximum Gasteiger partial charge on any atom is 0.203 e. The van der Waals surface area contributed by atoms with E-state index in [0.29, 0.717) is 10.6 Å². The molecule has 0 amide bonds. The summed E-state index contributed by atoms with van der Waals surface area (Å²) in [5, 5.41) is 38.7. The van der Waals surface area contributed by atoms with E-state index < -0.39 is 11.3 Å². The summed E-state index contributed by atoms with van der Waals surface area (Å²) >= 11 is 6.46. The highest BCUT2D eigenvalue weighted by Crippen LogP contribution is 2.52. The Kier molecular flexibility index (Phi) is 5.33. The summed E-state index contributed by atoms with van der Waals surface area (Å²) in [4.78, 5) is 1.36. The van der Waals surface area contributed by atoms with Gasteiger partial charge in [-0.05, 0) is 29.7 Å². The molecule has 0 bridgehead atoms. The Labute approximate surface area is 164 Å². The van der Waals surface area contributed by atoms with E-state index in [1.54, 1.807) is 6.07 Å². The lowest BCUT2D eigenvalue weighted by Gasteiger charge is -2.46. The van der Waals surface area contributed by atoms with E-state index in [-0.39, 0.29) is 17.5 Å². The Morgan fingerprint density at radius 3 is 2.56 bits per heavy atom. The number of nitrogens with zero attached hydrogens (tertiary/aromatic N) is 3. The van der Waals surface area contributed by atoms with Crippen molar-refractivity contribution in [2.75, 3.05) is 19.6 Å². The molecule has 6 heteroatoms. The highest BCUT2D eigenvalue weighted by Gasteiger charge is 2.57. The number of hydrogen-bond acceptors (Lipinski definition) is 4. The van der Waals surface area contributed by atoms with Crippen LogP contribution < -0.4 is 4.90 Å². The number of rotatable bonds is 3. The van der Waals surface area contributed by atoms with E-state index in [1.807, 2.05) is 24.3 Å². The topological polar surface area (TPSA) is 99.7 Å². The van der Waals surface area contributed by atoms with Crippen molar-refractivity contribution in [3.63, 3.8) is 0 Å². The van der Waals surface area contributed by atoms with Crippen LogP contribution in [-0.4, -0.2) is 25.3 Å². The zero-order chi connectivity index (χ0) is 19.6. The minimum absolute atomic E-state index is 0.124. The van der Waals surface area contributed by atoms with Gasteiger partial charge in [-0.15, -0.1) is 0 Å². The Morgan fingerprint density at radius 2 is 1.96 bits per heavy atom. The van der Waals surface area contributed by atoms with Crippen LogP contribution in [0, 0.1) is 56.7 Å². The van der Waals surface area contributed by atoms with Gasteiger partial charge in [0.15, 0.2) is 0 Å². The molecule has 1 fully saturated rings. The van der Waals surface area contributed by atoms with Crippen LogP contribution in [0.5, 0.6) is 0 Å². The molecule has 2 aliphatic rings. The molecule has 0 aromatic heterocycles. The number of nitrogens with one attached hydrogen (secondary N) is 2. The quantitative estimate of drug-likeness (QED) is 0.790. The molecule has 0 radical (unpaired) electrons. The van der Waals surface area contributed by atoms with Crippen LogP contribution in [-0.2, 0) is 0 Å². The van der Waals surface area contributed by atoms with Gasteiger partial charge in [0.05, 0.1) is 49.5 Å². The summed E-state index contributed by atoms with van der Waals surface area (Å²) in [6.45, 7) is 4.56. The van der Waals surface area contributed by atoms with E-state index in [2.05, 4.69) is 25.1 Å². The minimum Gasteiger partial charge on any atom is -0.331 e. The average Bonchev–Trinajstić information content (AvgIpc) is 2.69. The van der Waals surface area contributed by atoms with Crippen LogP contribution >= 0.6 is 11.6 Å². The Balaban J connectivity index is 2.21. The lowest BCUT2D eigenvalue weighted by atomic mass is 9.55. The first-order valence-electron chi connectivity index (χ1n) is 9.13. The summed E-state index contributed by atoms with van der Waals surface area (Å²) < 4.78 is 0. The van der Waals surface area contributed by atoms with Gasteiger partial charge in [0.1, 0.15) is 0 Å². The molecule has 0 spiro atoms. The van der Waals surface area contributed by atoms with Crippen molar-refractivity contribution in [2.45, 2.75) is 19.3 Å². The molecule has 1 aromatic carbocycles. The highest BCUT2D eigenvalue weighted by molar-refractivity contribution is 6.31. The van der Waals surface area contributed by atoms with Gasteiger partial charge in [-0.3, -0.25) is 0 Å². The van der Waals surface area contributed by atoms with Crippen molar-refractivity contribution in [3.05, 3.63) is 46.5 Å². The molecule has 3 rings (SSSR count). The van der Waals surface area contributed by atoms with Crippen LogP contribution in [0.2, 0.25) is 5.02 Å². The molecule has 1 unspecified atom stereocenters. The number of hydrogen-bond donors (Lipinski definition) is 2. The van der Waals surface area contributed by atoms with Gasteiger partial charge in [-0.1, -0.05) is 36.7 Å². The van der Waals surface area contributed by atoms with Crippen molar-refractivity contribution in [2.24, 2.45) is 17.3 Å². The summed E-state index contributed by atoms with van der Waals surface area (Å²) in [5.74, 6) is -1.35. The van der Waals surface area contributed by atoms with Gasteiger partial charge in [0.25, 0.3) is 0 Å². The molecule has 4 atom stereocenters. The fourth-order valence-corrected chi connectivity index (χ4v) is 4.84. The van der Waals surface area contributed by atoms with Crippen molar-refractivity contribution in [1.29, 1.82) is 21.2 Å². The zero-order valence-electron chi connectivity index (χ0n) is 15.2. The smallest absolute Gasteiger partial charge is 0.203 e. The first-order valence-corrected chi connectivity index (χ1v) is 9.51. The molecule has 1 aromatic rings. The van der Waals surface area contributed by atoms with E-state index in [0.717, 1.165) is 31.6 Å². The summed E-state index contributed by atoms with van der Waals surface area (Å²) in [5.41, 5.74) is -0.288. The van der Waals surface area contributed by atoms with E-state index in [9.17, 15) is 15.8 Å². The second-order valence-corrected chi connectivity index (χ2v) is 7.62. The Morgan fingerprint density at radius 1 is 1.26 bits per heavy atom. The third-order valence-corrected chi connectivity index (χ3v) is 6.15. The van der Waals surface area contributed by atoms with Crippen molar-refractivity contribution in [3.8, 4) is 18.2 Å². The Bertz CT molecular complexity index is 900. The number of fused-ring (bicyclic) bond motifs is 1. The van der Waals surface area contributed by atoms with Gasteiger partial charge >= 0.3 is 0 Å². The lowest BCUT2D eigenvalue weighted by molar-refractivity contribution is -0.899. The monoisotopic (exact) mass is 378 g/mol. The van der Waals surface area contributed by atoms with E-state index in [1.165, 1.54) is 4.90 Å². The van der Waals surface area contributed by atoms with Gasteiger partial charge in [-0.25, -0.2) is 0 Å². The predicted molar refractivity (Wildman–Crippen MR) is 102 cm³/mol. The summed E-state index contributed by atoms with van der Waals surface area (Å²) in [7, 11) is 0. The minimum atomic E-state index is -1.65. The maximum atomic E-state index is 9.89. The molecular weight excluding hydrogens is 358 g/mol. The van der Waals surface area contributed by atoms with Crippen LogP contribution in [0.3, 0.4) is 0 Å². The van der Waals surface area contributed by atoms with Crippen molar-refractivity contribution in [1.82, 2.24) is 0 Å². The fraction of sp³-hybridized carbons (Fsp3) is 0.429. The molecule has 136 valence electrons. The van der Waals surface area contributed by atoms with Crippen molar-refractivity contribution >= 4 is 17.3 Å². The zero-order valence-corrected chi connectivity index (χ0v) is 15.9. The third kappa shape index (κ3) is 2.92. The predicted octanol–water partition coefficient (Wildman–Crippen LogP) is 2.48. The van der Waals surface area contributed by atoms with Gasteiger partial charge in [0.2, 0.25) is 5.41 Å². The number of nitriles is 3. The highest BCUT2D eigenvalue weighted by atomic mass is 35.5.